The van der Waals surface area contributed by atoms with E-state index in [9.17, 15) is 0 Å². The van der Waals surface area contributed by atoms with Gasteiger partial charge in [0.25, 0.3) is 0 Å². The first-order valence-corrected chi connectivity index (χ1v) is 4.96. The Balaban J connectivity index is 2.51. The molecule has 4 nitrogen and oxygen atoms in total. The van der Waals surface area contributed by atoms with Gasteiger partial charge in [-0.1, -0.05) is 11.6 Å². The molecule has 2 aromatic heterocycles. The maximum atomic E-state index is 5.74. The van der Waals surface area contributed by atoms with Crippen LogP contribution in [0, 0.1) is 0 Å². The monoisotopic (exact) mass is 272 g/mol. The van der Waals surface area contributed by atoms with E-state index in [4.69, 9.17) is 17.3 Å². The minimum Gasteiger partial charge on any atom is -0.399 e. The number of hydrogen-bond donors (Lipinski definition) is 1. The van der Waals surface area contributed by atoms with Crippen LogP contribution in [0.3, 0.4) is 0 Å². The molecule has 0 saturated heterocycles. The Labute approximate surface area is 93.8 Å². The summed E-state index contributed by atoms with van der Waals surface area (Å²) in [4.78, 5) is 4.20. The summed E-state index contributed by atoms with van der Waals surface area (Å²) >= 11 is 8.99. The molecule has 2 heterocycles. The number of nitrogen functional groups attached to an aromatic ring is 1. The van der Waals surface area contributed by atoms with Crippen molar-refractivity contribution in [3.8, 4) is 5.82 Å². The van der Waals surface area contributed by atoms with Gasteiger partial charge < -0.3 is 5.73 Å². The highest BCUT2D eigenvalue weighted by Crippen LogP contribution is 2.16. The quantitative estimate of drug-likeness (QED) is 0.811. The number of nitrogens with two attached hydrogens (primary N) is 1. The van der Waals surface area contributed by atoms with Gasteiger partial charge in [0.1, 0.15) is 4.60 Å². The number of rotatable bonds is 1. The fourth-order valence-corrected chi connectivity index (χ4v) is 1.63. The van der Waals surface area contributed by atoms with Crippen molar-refractivity contribution in [3.63, 3.8) is 0 Å². The molecule has 72 valence electrons. The molecule has 0 aliphatic heterocycles. The number of halogens is 2. The first kappa shape index (κ1) is 9.48. The lowest BCUT2D eigenvalue weighted by atomic mass is 10.4. The van der Waals surface area contributed by atoms with E-state index < -0.39 is 0 Å². The summed E-state index contributed by atoms with van der Waals surface area (Å²) in [6.07, 6.45) is 3.20. The number of hydrogen-bond acceptors (Lipinski definition) is 3. The maximum absolute atomic E-state index is 5.74. The van der Waals surface area contributed by atoms with Crippen molar-refractivity contribution in [3.05, 3.63) is 34.2 Å². The van der Waals surface area contributed by atoms with Crippen LogP contribution in [-0.4, -0.2) is 14.8 Å². The third kappa shape index (κ3) is 1.88. The summed E-state index contributed by atoms with van der Waals surface area (Å²) in [6.45, 7) is 0. The maximum Gasteiger partial charge on any atom is 0.156 e. The number of pyridine rings is 1. The SMILES string of the molecule is Nc1cc(Br)nc(-n2cc(Cl)cn2)c1. The Morgan fingerprint density at radius 1 is 1.43 bits per heavy atom. The molecule has 2 aromatic rings. The second kappa shape index (κ2) is 3.59. The Kier molecular flexibility index (Phi) is 2.43. The van der Waals surface area contributed by atoms with Crippen LogP contribution in [0.4, 0.5) is 5.69 Å². The lowest BCUT2D eigenvalue weighted by molar-refractivity contribution is 0.844. The van der Waals surface area contributed by atoms with E-state index >= 15 is 0 Å². The second-order valence-corrected chi connectivity index (χ2v) is 3.93. The zero-order valence-electron chi connectivity index (χ0n) is 6.98. The van der Waals surface area contributed by atoms with E-state index in [-0.39, 0.29) is 0 Å². The highest BCUT2D eigenvalue weighted by Gasteiger charge is 2.02. The summed E-state index contributed by atoms with van der Waals surface area (Å²) < 4.78 is 2.22. The molecule has 0 aliphatic rings. The van der Waals surface area contributed by atoms with E-state index in [0.717, 1.165) is 0 Å². The third-order valence-corrected chi connectivity index (χ3v) is 2.19. The van der Waals surface area contributed by atoms with E-state index in [1.807, 2.05) is 0 Å². The summed E-state index contributed by atoms with van der Waals surface area (Å²) in [6, 6.07) is 3.43. The van der Waals surface area contributed by atoms with Crippen LogP contribution in [0.15, 0.2) is 29.1 Å². The van der Waals surface area contributed by atoms with Crippen LogP contribution in [0.2, 0.25) is 5.02 Å². The molecular formula is C8H6BrClN4. The van der Waals surface area contributed by atoms with Crippen LogP contribution in [0.5, 0.6) is 0 Å². The Bertz CT molecular complexity index is 448. The minimum absolute atomic E-state index is 0.561. The first-order valence-electron chi connectivity index (χ1n) is 3.79. The van der Waals surface area contributed by atoms with Crippen molar-refractivity contribution in [1.82, 2.24) is 14.8 Å². The molecule has 14 heavy (non-hydrogen) atoms. The summed E-state index contributed by atoms with van der Waals surface area (Å²) in [7, 11) is 0. The zero-order valence-corrected chi connectivity index (χ0v) is 9.33. The van der Waals surface area contributed by atoms with Crippen molar-refractivity contribution >= 4 is 33.2 Å². The average molecular weight is 274 g/mol. The molecular weight excluding hydrogens is 267 g/mol. The van der Waals surface area contributed by atoms with Gasteiger partial charge in [-0.2, -0.15) is 5.10 Å². The third-order valence-electron chi connectivity index (χ3n) is 1.59. The Morgan fingerprint density at radius 3 is 2.79 bits per heavy atom. The van der Waals surface area contributed by atoms with Crippen molar-refractivity contribution in [2.75, 3.05) is 5.73 Å². The molecule has 6 heteroatoms. The molecule has 0 atom stereocenters. The highest BCUT2D eigenvalue weighted by molar-refractivity contribution is 9.10. The van der Waals surface area contributed by atoms with Gasteiger partial charge in [-0.3, -0.25) is 0 Å². The predicted molar refractivity (Wildman–Crippen MR) is 58.5 cm³/mol. The Morgan fingerprint density at radius 2 is 2.21 bits per heavy atom. The van der Waals surface area contributed by atoms with Crippen LogP contribution >= 0.6 is 27.5 Å². The second-order valence-electron chi connectivity index (χ2n) is 2.68. The van der Waals surface area contributed by atoms with Gasteiger partial charge >= 0.3 is 0 Å². The van der Waals surface area contributed by atoms with Gasteiger partial charge in [-0.05, 0) is 22.0 Å². The standard InChI is InChI=1S/C8H6BrClN4/c9-7-1-6(11)2-8(13-7)14-4-5(10)3-12-14/h1-4H,(H2,11,13). The van der Waals surface area contributed by atoms with Crippen molar-refractivity contribution in [2.24, 2.45) is 0 Å². The number of nitrogens with zero attached hydrogens (tertiary/aromatic N) is 3. The molecule has 0 unspecified atom stereocenters. The fourth-order valence-electron chi connectivity index (χ4n) is 1.05. The van der Waals surface area contributed by atoms with E-state index in [2.05, 4.69) is 26.0 Å². The summed E-state index contributed by atoms with van der Waals surface area (Å²) in [5.41, 5.74) is 6.28. The molecule has 0 aliphatic carbocycles. The smallest absolute Gasteiger partial charge is 0.156 e. The highest BCUT2D eigenvalue weighted by atomic mass is 79.9. The van der Waals surface area contributed by atoms with E-state index in [0.29, 0.717) is 21.1 Å². The van der Waals surface area contributed by atoms with E-state index in [1.54, 1.807) is 29.2 Å². The van der Waals surface area contributed by atoms with Gasteiger partial charge in [0.05, 0.1) is 17.4 Å². The van der Waals surface area contributed by atoms with Crippen molar-refractivity contribution in [2.45, 2.75) is 0 Å². The van der Waals surface area contributed by atoms with Gasteiger partial charge in [-0.25, -0.2) is 9.67 Å². The van der Waals surface area contributed by atoms with Crippen LogP contribution in [-0.2, 0) is 0 Å². The topological polar surface area (TPSA) is 56.7 Å². The molecule has 0 amide bonds. The largest absolute Gasteiger partial charge is 0.399 e. The molecule has 0 aromatic carbocycles. The van der Waals surface area contributed by atoms with Crippen molar-refractivity contribution < 1.29 is 0 Å². The normalized spacial score (nSPS) is 10.4. The number of anilines is 1. The van der Waals surface area contributed by atoms with Crippen molar-refractivity contribution in [1.29, 1.82) is 0 Å². The van der Waals surface area contributed by atoms with Crippen LogP contribution in [0.1, 0.15) is 0 Å². The molecule has 2 rings (SSSR count). The predicted octanol–water partition coefficient (Wildman–Crippen LogP) is 2.27. The molecule has 0 spiro atoms. The molecule has 2 N–H and O–H groups in total. The lowest BCUT2D eigenvalue weighted by Gasteiger charge is -2.01. The number of aromatic nitrogens is 3. The van der Waals surface area contributed by atoms with E-state index in [1.165, 1.54) is 0 Å². The first-order chi connectivity index (χ1) is 6.65. The van der Waals surface area contributed by atoms with Gasteiger partial charge in [0.2, 0.25) is 0 Å². The van der Waals surface area contributed by atoms with Gasteiger partial charge in [-0.15, -0.1) is 0 Å². The molecule has 0 bridgehead atoms. The minimum atomic E-state index is 0.561. The molecule has 0 saturated carbocycles. The molecule has 0 fully saturated rings. The van der Waals surface area contributed by atoms with Gasteiger partial charge in [0, 0.05) is 11.8 Å². The Hall–Kier alpha value is -1.07. The lowest BCUT2D eigenvalue weighted by Crippen LogP contribution is -1.99. The van der Waals surface area contributed by atoms with Gasteiger partial charge in [0.15, 0.2) is 5.82 Å². The molecule has 0 radical (unpaired) electrons. The summed E-state index contributed by atoms with van der Waals surface area (Å²) in [5, 5.41) is 4.57. The summed E-state index contributed by atoms with van der Waals surface area (Å²) in [5.74, 6) is 0.628. The van der Waals surface area contributed by atoms with Crippen LogP contribution < -0.4 is 5.73 Å². The zero-order chi connectivity index (χ0) is 10.1. The average Bonchev–Trinajstić information content (AvgIpc) is 2.50. The van der Waals surface area contributed by atoms with Crippen LogP contribution in [0.25, 0.3) is 5.82 Å². The fraction of sp³-hybridized carbons (Fsp3) is 0.